The molecule has 0 radical (unpaired) electrons. The molecule has 10 nitrogen and oxygen atoms in total. The predicted octanol–water partition coefficient (Wildman–Crippen LogP) is 0.0614. The van der Waals surface area contributed by atoms with Crippen LogP contribution in [-0.4, -0.2) is 85.1 Å². The van der Waals surface area contributed by atoms with Crippen molar-refractivity contribution in [1.29, 1.82) is 0 Å². The van der Waals surface area contributed by atoms with Crippen molar-refractivity contribution in [2.45, 2.75) is 33.0 Å². The summed E-state index contributed by atoms with van der Waals surface area (Å²) >= 11 is 0. The minimum absolute atomic E-state index is 0.125. The zero-order chi connectivity index (χ0) is 23.7. The maximum atomic E-state index is 11.7. The number of hydrogen-bond donors (Lipinski definition) is 3. The highest BCUT2D eigenvalue weighted by molar-refractivity contribution is 5.88. The van der Waals surface area contributed by atoms with Gasteiger partial charge in [-0.05, 0) is 20.8 Å². The largest absolute Gasteiger partial charge is 0.458 e. The minimum atomic E-state index is -0.908. The molecule has 0 heterocycles. The van der Waals surface area contributed by atoms with E-state index in [0.717, 1.165) is 0 Å². The van der Waals surface area contributed by atoms with Crippen LogP contribution in [0, 0.1) is 0 Å². The quantitative estimate of drug-likeness (QED) is 0.207. The Kier molecular flexibility index (Phi) is 17.1. The molecule has 0 aliphatic carbocycles. The molecule has 172 valence electrons. The average molecular weight is 432 g/mol. The normalized spacial score (nSPS) is 11.8. The van der Waals surface area contributed by atoms with Crippen LogP contribution in [0.3, 0.4) is 0 Å². The first kappa shape index (κ1) is 29.7. The van der Waals surface area contributed by atoms with Gasteiger partial charge in [-0.1, -0.05) is 19.7 Å². The highest BCUT2D eigenvalue weighted by Crippen LogP contribution is 2.05. The first-order chi connectivity index (χ1) is 14.0. The van der Waals surface area contributed by atoms with Crippen LogP contribution in [0.2, 0.25) is 0 Å². The van der Waals surface area contributed by atoms with E-state index in [-0.39, 0.29) is 49.8 Å². The predicted molar refractivity (Wildman–Crippen MR) is 107 cm³/mol. The number of carbonyl (C=O) groups excluding carboxylic acids is 3. The Balaban J connectivity index is 0. The molecular weight excluding hydrogens is 400 g/mol. The number of esters is 3. The molecule has 2 atom stereocenters. The van der Waals surface area contributed by atoms with E-state index < -0.39 is 36.7 Å². The lowest BCUT2D eigenvalue weighted by molar-refractivity contribution is -0.160. The van der Waals surface area contributed by atoms with E-state index >= 15 is 0 Å². The van der Waals surface area contributed by atoms with E-state index in [4.69, 9.17) is 29.2 Å². The van der Waals surface area contributed by atoms with E-state index in [1.165, 1.54) is 20.8 Å². The van der Waals surface area contributed by atoms with Crippen LogP contribution in [0.25, 0.3) is 0 Å². The Morgan fingerprint density at radius 3 is 1.47 bits per heavy atom. The third-order valence-electron chi connectivity index (χ3n) is 2.90. The van der Waals surface area contributed by atoms with Gasteiger partial charge in [-0.15, -0.1) is 0 Å². The summed E-state index contributed by atoms with van der Waals surface area (Å²) in [6.45, 7) is 13.5. The molecule has 0 aromatic heterocycles. The van der Waals surface area contributed by atoms with Crippen molar-refractivity contribution < 1.29 is 48.7 Å². The van der Waals surface area contributed by atoms with Crippen LogP contribution in [0.4, 0.5) is 0 Å². The molecule has 30 heavy (non-hydrogen) atoms. The maximum Gasteiger partial charge on any atom is 0.333 e. The second-order valence-electron chi connectivity index (χ2n) is 6.16. The van der Waals surface area contributed by atoms with Crippen molar-refractivity contribution in [2.75, 3.05) is 39.6 Å². The third-order valence-corrected chi connectivity index (χ3v) is 2.90. The molecule has 0 saturated heterocycles. The Hall–Kier alpha value is -2.53. The standard InChI is InChI=1S/C18H26O8.C2H6O2/c1-11(2)16(20)24-10-15(26-18(22)13(5)6)9-23-8-14(7-19)25-17(21)12(3)4;3-1-2-4/h14-15,19H,1,3,5,7-10H2,2,4,6H3;3-4H,1-2H2. The van der Waals surface area contributed by atoms with Crippen LogP contribution in [-0.2, 0) is 33.3 Å². The number of hydrogen-bond acceptors (Lipinski definition) is 10. The number of aliphatic hydroxyl groups is 3. The lowest BCUT2D eigenvalue weighted by Gasteiger charge is -2.20. The van der Waals surface area contributed by atoms with Gasteiger partial charge in [0, 0.05) is 16.7 Å². The van der Waals surface area contributed by atoms with E-state index in [2.05, 4.69) is 19.7 Å². The Morgan fingerprint density at radius 1 is 0.700 bits per heavy atom. The monoisotopic (exact) mass is 432 g/mol. The van der Waals surface area contributed by atoms with Gasteiger partial charge in [0.1, 0.15) is 12.7 Å². The topological polar surface area (TPSA) is 149 Å². The van der Waals surface area contributed by atoms with Gasteiger partial charge < -0.3 is 34.3 Å². The van der Waals surface area contributed by atoms with Crippen LogP contribution in [0.1, 0.15) is 20.8 Å². The first-order valence-electron chi connectivity index (χ1n) is 8.95. The molecule has 0 spiro atoms. The van der Waals surface area contributed by atoms with Crippen molar-refractivity contribution in [1.82, 2.24) is 0 Å². The van der Waals surface area contributed by atoms with E-state index in [1.807, 2.05) is 0 Å². The van der Waals surface area contributed by atoms with Gasteiger partial charge in [-0.3, -0.25) is 0 Å². The fourth-order valence-corrected chi connectivity index (χ4v) is 1.37. The van der Waals surface area contributed by atoms with Crippen molar-refractivity contribution in [2.24, 2.45) is 0 Å². The molecule has 0 aromatic carbocycles. The summed E-state index contributed by atoms with van der Waals surface area (Å²) in [7, 11) is 0. The molecule has 3 N–H and O–H groups in total. The molecule has 2 unspecified atom stereocenters. The summed E-state index contributed by atoms with van der Waals surface area (Å²) in [5, 5.41) is 24.5. The van der Waals surface area contributed by atoms with Gasteiger partial charge in [-0.25, -0.2) is 14.4 Å². The highest BCUT2D eigenvalue weighted by Gasteiger charge is 2.20. The molecule has 0 rings (SSSR count). The molecule has 0 bridgehead atoms. The van der Waals surface area contributed by atoms with Crippen molar-refractivity contribution >= 4 is 17.9 Å². The minimum Gasteiger partial charge on any atom is -0.458 e. The zero-order valence-electron chi connectivity index (χ0n) is 17.7. The van der Waals surface area contributed by atoms with Crippen LogP contribution in [0.15, 0.2) is 36.5 Å². The fraction of sp³-hybridized carbons (Fsp3) is 0.550. The van der Waals surface area contributed by atoms with Gasteiger partial charge in [-0.2, -0.15) is 0 Å². The highest BCUT2D eigenvalue weighted by atomic mass is 16.6. The van der Waals surface area contributed by atoms with E-state index in [9.17, 15) is 19.5 Å². The average Bonchev–Trinajstić information content (AvgIpc) is 2.70. The number of carbonyl (C=O) groups is 3. The van der Waals surface area contributed by atoms with Gasteiger partial charge >= 0.3 is 17.9 Å². The van der Waals surface area contributed by atoms with Crippen LogP contribution < -0.4 is 0 Å². The second-order valence-corrected chi connectivity index (χ2v) is 6.16. The molecule has 0 aliphatic rings. The van der Waals surface area contributed by atoms with Gasteiger partial charge in [0.2, 0.25) is 0 Å². The summed E-state index contributed by atoms with van der Waals surface area (Å²) in [4.78, 5) is 34.5. The summed E-state index contributed by atoms with van der Waals surface area (Å²) in [6.07, 6.45) is -1.81. The smallest absolute Gasteiger partial charge is 0.333 e. The Morgan fingerprint density at radius 2 is 1.10 bits per heavy atom. The molecule has 0 saturated carbocycles. The van der Waals surface area contributed by atoms with Gasteiger partial charge in [0.05, 0.1) is 33.0 Å². The lowest BCUT2D eigenvalue weighted by atomic mass is 10.3. The Bertz CT molecular complexity index is 594. The lowest BCUT2D eigenvalue weighted by Crippen LogP contribution is -2.33. The summed E-state index contributed by atoms with van der Waals surface area (Å²) in [6, 6.07) is 0. The molecule has 0 aliphatic heterocycles. The van der Waals surface area contributed by atoms with Crippen LogP contribution >= 0.6 is 0 Å². The first-order valence-corrected chi connectivity index (χ1v) is 8.95. The number of aliphatic hydroxyl groups excluding tert-OH is 3. The van der Waals surface area contributed by atoms with Crippen molar-refractivity contribution in [3.05, 3.63) is 36.5 Å². The SMILES string of the molecule is C=C(C)C(=O)OCC(COCC(CO)OC(=O)C(=C)C)OC(=O)C(=C)C.OCCO. The van der Waals surface area contributed by atoms with Crippen molar-refractivity contribution in [3.63, 3.8) is 0 Å². The third kappa shape index (κ3) is 15.4. The zero-order valence-corrected chi connectivity index (χ0v) is 17.7. The van der Waals surface area contributed by atoms with E-state index in [0.29, 0.717) is 0 Å². The second kappa shape index (κ2) is 17.3. The fourth-order valence-electron chi connectivity index (χ4n) is 1.37. The summed E-state index contributed by atoms with van der Waals surface area (Å²) in [5.41, 5.74) is 0.552. The van der Waals surface area contributed by atoms with Crippen LogP contribution in [0.5, 0.6) is 0 Å². The van der Waals surface area contributed by atoms with Crippen molar-refractivity contribution in [3.8, 4) is 0 Å². The van der Waals surface area contributed by atoms with Gasteiger partial charge in [0.25, 0.3) is 0 Å². The summed E-state index contributed by atoms with van der Waals surface area (Å²) < 4.78 is 20.4. The van der Waals surface area contributed by atoms with E-state index in [1.54, 1.807) is 0 Å². The summed E-state index contributed by atoms with van der Waals surface area (Å²) in [5.74, 6) is -1.96. The number of rotatable bonds is 13. The Labute approximate surface area is 176 Å². The number of ether oxygens (including phenoxy) is 4. The molecule has 0 aromatic rings. The molecule has 0 amide bonds. The van der Waals surface area contributed by atoms with Gasteiger partial charge in [0.15, 0.2) is 6.10 Å². The molecule has 0 fully saturated rings. The maximum absolute atomic E-state index is 11.7. The molecule has 10 heteroatoms. The molecular formula is C20H32O10.